The Morgan fingerprint density at radius 1 is 1.50 bits per heavy atom. The maximum absolute atomic E-state index is 13.2. The first-order chi connectivity index (χ1) is 9.65. The second kappa shape index (κ2) is 6.89. The molecular formula is C16H20ClFN2. The van der Waals surface area contributed by atoms with Gasteiger partial charge in [0.15, 0.2) is 0 Å². The molecule has 108 valence electrons. The van der Waals surface area contributed by atoms with Gasteiger partial charge in [-0.3, -0.25) is 4.99 Å². The lowest BCUT2D eigenvalue weighted by molar-refractivity contribution is 0.360. The molecule has 1 aliphatic rings. The molecule has 20 heavy (non-hydrogen) atoms. The Labute approximate surface area is 124 Å². The molecular weight excluding hydrogens is 275 g/mol. The molecule has 4 heteroatoms. The molecule has 2 N–H and O–H groups in total. The van der Waals surface area contributed by atoms with Crippen molar-refractivity contribution in [1.29, 1.82) is 0 Å². The number of hydrogen-bond donors (Lipinski definition) is 1. The van der Waals surface area contributed by atoms with Gasteiger partial charge in [-0.15, -0.1) is 11.6 Å². The number of nitrogens with two attached hydrogens (primary N) is 1. The Bertz CT molecular complexity index is 519. The zero-order valence-electron chi connectivity index (χ0n) is 11.7. The number of hydrogen-bond acceptors (Lipinski definition) is 2. The van der Waals surface area contributed by atoms with Crippen molar-refractivity contribution in [2.24, 2.45) is 16.6 Å². The average Bonchev–Trinajstić information content (AvgIpc) is 3.24. The number of benzene rings is 1. The molecule has 1 saturated carbocycles. The summed E-state index contributed by atoms with van der Waals surface area (Å²) in [5.41, 5.74) is 9.22. The SMILES string of the molecule is CC(F)Cc1ccccc1N=C(CCl)C(=CN)C1CC1. The van der Waals surface area contributed by atoms with Crippen LogP contribution in [0.3, 0.4) is 0 Å². The highest BCUT2D eigenvalue weighted by Gasteiger charge is 2.28. The summed E-state index contributed by atoms with van der Waals surface area (Å²) in [5, 5.41) is 0. The van der Waals surface area contributed by atoms with Gasteiger partial charge < -0.3 is 5.73 Å². The van der Waals surface area contributed by atoms with E-state index in [0.717, 1.165) is 35.4 Å². The third kappa shape index (κ3) is 3.83. The Hall–Kier alpha value is -1.35. The molecule has 1 aliphatic carbocycles. The van der Waals surface area contributed by atoms with Crippen molar-refractivity contribution in [1.82, 2.24) is 0 Å². The largest absolute Gasteiger partial charge is 0.404 e. The fourth-order valence-electron chi connectivity index (χ4n) is 2.27. The molecule has 0 radical (unpaired) electrons. The number of aliphatic imine (C=N–C) groups is 1. The van der Waals surface area contributed by atoms with Crippen LogP contribution in [0.25, 0.3) is 0 Å². The Morgan fingerprint density at radius 2 is 2.20 bits per heavy atom. The zero-order chi connectivity index (χ0) is 14.5. The van der Waals surface area contributed by atoms with Crippen LogP contribution >= 0.6 is 11.6 Å². The third-order valence-electron chi connectivity index (χ3n) is 3.40. The molecule has 1 aromatic rings. The van der Waals surface area contributed by atoms with Crippen LogP contribution in [-0.4, -0.2) is 17.8 Å². The van der Waals surface area contributed by atoms with Gasteiger partial charge in [0.1, 0.15) is 6.17 Å². The molecule has 1 atom stereocenters. The van der Waals surface area contributed by atoms with Crippen LogP contribution in [0.5, 0.6) is 0 Å². The van der Waals surface area contributed by atoms with Gasteiger partial charge in [-0.05, 0) is 49.1 Å². The second-order valence-corrected chi connectivity index (χ2v) is 5.47. The highest BCUT2D eigenvalue weighted by atomic mass is 35.5. The number of allylic oxidation sites excluding steroid dienone is 1. The van der Waals surface area contributed by atoms with Gasteiger partial charge in [0.05, 0.1) is 17.3 Å². The van der Waals surface area contributed by atoms with E-state index in [2.05, 4.69) is 4.99 Å². The zero-order valence-corrected chi connectivity index (χ0v) is 12.4. The second-order valence-electron chi connectivity index (χ2n) is 5.20. The highest BCUT2D eigenvalue weighted by Crippen LogP contribution is 2.37. The van der Waals surface area contributed by atoms with Gasteiger partial charge in [0.25, 0.3) is 0 Å². The van der Waals surface area contributed by atoms with Crippen LogP contribution in [0.15, 0.2) is 41.0 Å². The number of para-hydroxylation sites is 1. The summed E-state index contributed by atoms with van der Waals surface area (Å²) in [6.07, 6.45) is 3.36. The fourth-order valence-corrected chi connectivity index (χ4v) is 2.49. The lowest BCUT2D eigenvalue weighted by Crippen LogP contribution is -2.09. The molecule has 0 bridgehead atoms. The van der Waals surface area contributed by atoms with Crippen LogP contribution in [0.1, 0.15) is 25.3 Å². The summed E-state index contributed by atoms with van der Waals surface area (Å²) < 4.78 is 13.2. The van der Waals surface area contributed by atoms with Gasteiger partial charge in [-0.2, -0.15) is 0 Å². The normalized spacial score (nSPS) is 18.1. The van der Waals surface area contributed by atoms with E-state index in [1.54, 1.807) is 13.1 Å². The van der Waals surface area contributed by atoms with Gasteiger partial charge in [-0.1, -0.05) is 18.2 Å². The van der Waals surface area contributed by atoms with E-state index in [4.69, 9.17) is 17.3 Å². The minimum Gasteiger partial charge on any atom is -0.404 e. The number of nitrogens with zero attached hydrogens (tertiary/aromatic N) is 1. The molecule has 2 nitrogen and oxygen atoms in total. The van der Waals surface area contributed by atoms with Crippen molar-refractivity contribution in [2.75, 3.05) is 5.88 Å². The Kier molecular flexibility index (Phi) is 5.18. The van der Waals surface area contributed by atoms with Crippen LogP contribution < -0.4 is 5.73 Å². The van der Waals surface area contributed by atoms with E-state index in [0.29, 0.717) is 18.2 Å². The molecule has 1 unspecified atom stereocenters. The van der Waals surface area contributed by atoms with Gasteiger partial charge in [0.2, 0.25) is 0 Å². The van der Waals surface area contributed by atoms with Crippen molar-refractivity contribution in [2.45, 2.75) is 32.4 Å². The molecule has 0 aromatic heterocycles. The first-order valence-corrected chi connectivity index (χ1v) is 7.46. The van der Waals surface area contributed by atoms with Crippen LogP contribution in [0, 0.1) is 5.92 Å². The molecule has 0 saturated heterocycles. The highest BCUT2D eigenvalue weighted by molar-refractivity contribution is 6.32. The summed E-state index contributed by atoms with van der Waals surface area (Å²) in [6.45, 7) is 1.55. The van der Waals surface area contributed by atoms with E-state index in [1.165, 1.54) is 0 Å². The molecule has 2 rings (SSSR count). The van der Waals surface area contributed by atoms with Crippen LogP contribution in [-0.2, 0) is 6.42 Å². The minimum absolute atomic E-state index is 0.318. The van der Waals surface area contributed by atoms with E-state index in [-0.39, 0.29) is 0 Å². The summed E-state index contributed by atoms with van der Waals surface area (Å²) in [5.74, 6) is 0.809. The summed E-state index contributed by atoms with van der Waals surface area (Å²) in [7, 11) is 0. The molecule has 0 heterocycles. The predicted molar refractivity (Wildman–Crippen MR) is 83.5 cm³/mol. The van der Waals surface area contributed by atoms with Crippen molar-refractivity contribution >= 4 is 23.0 Å². The maximum atomic E-state index is 13.2. The third-order valence-corrected chi connectivity index (χ3v) is 3.66. The van der Waals surface area contributed by atoms with E-state index in [9.17, 15) is 4.39 Å². The topological polar surface area (TPSA) is 38.4 Å². The quantitative estimate of drug-likeness (QED) is 0.621. The predicted octanol–water partition coefficient (Wildman–Crippen LogP) is 4.15. The summed E-state index contributed by atoms with van der Waals surface area (Å²) in [4.78, 5) is 4.63. The first-order valence-electron chi connectivity index (χ1n) is 6.93. The molecule has 1 fully saturated rings. The molecule has 0 aliphatic heterocycles. The average molecular weight is 295 g/mol. The number of alkyl halides is 2. The lowest BCUT2D eigenvalue weighted by Gasteiger charge is -2.10. The van der Waals surface area contributed by atoms with Gasteiger partial charge in [0, 0.05) is 6.42 Å². The van der Waals surface area contributed by atoms with E-state index >= 15 is 0 Å². The van der Waals surface area contributed by atoms with Crippen molar-refractivity contribution in [3.05, 3.63) is 41.6 Å². The molecule has 0 spiro atoms. The van der Waals surface area contributed by atoms with Crippen LogP contribution in [0.2, 0.25) is 0 Å². The van der Waals surface area contributed by atoms with E-state index in [1.807, 2.05) is 24.3 Å². The maximum Gasteiger partial charge on any atom is 0.101 e. The Balaban J connectivity index is 2.31. The standard InChI is InChI=1S/C16H20ClFN2/c1-11(18)8-13-4-2-3-5-15(13)20-16(9-17)14(10-19)12-6-7-12/h2-5,10-12H,6-9,19H2,1H3. The number of halogens is 2. The Morgan fingerprint density at radius 3 is 2.75 bits per heavy atom. The summed E-state index contributed by atoms with van der Waals surface area (Å²) in [6, 6.07) is 7.60. The molecule has 1 aromatic carbocycles. The van der Waals surface area contributed by atoms with Gasteiger partial charge in [-0.25, -0.2) is 4.39 Å². The fraction of sp³-hybridized carbons (Fsp3) is 0.438. The van der Waals surface area contributed by atoms with Crippen LogP contribution in [0.4, 0.5) is 10.1 Å². The van der Waals surface area contributed by atoms with E-state index < -0.39 is 6.17 Å². The van der Waals surface area contributed by atoms with Crippen molar-refractivity contribution in [3.8, 4) is 0 Å². The molecule has 0 amide bonds. The number of rotatable bonds is 6. The smallest absolute Gasteiger partial charge is 0.101 e. The van der Waals surface area contributed by atoms with Crippen molar-refractivity contribution < 1.29 is 4.39 Å². The summed E-state index contributed by atoms with van der Waals surface area (Å²) >= 11 is 6.02. The minimum atomic E-state index is -0.890. The van der Waals surface area contributed by atoms with Crippen molar-refractivity contribution in [3.63, 3.8) is 0 Å². The monoisotopic (exact) mass is 294 g/mol. The van der Waals surface area contributed by atoms with Gasteiger partial charge >= 0.3 is 0 Å². The lowest BCUT2D eigenvalue weighted by atomic mass is 10.1. The first kappa shape index (κ1) is 15.0.